The van der Waals surface area contributed by atoms with E-state index < -0.39 is 0 Å². The fourth-order valence-corrected chi connectivity index (χ4v) is 4.97. The van der Waals surface area contributed by atoms with Crippen LogP contribution in [0, 0.1) is 0 Å². The number of hydrogen-bond acceptors (Lipinski definition) is 3. The van der Waals surface area contributed by atoms with Crippen molar-refractivity contribution in [2.45, 2.75) is 56.7 Å². The quantitative estimate of drug-likeness (QED) is 0.463. The van der Waals surface area contributed by atoms with Crippen LogP contribution in [0.3, 0.4) is 0 Å². The van der Waals surface area contributed by atoms with Gasteiger partial charge in [-0.2, -0.15) is 0 Å². The van der Waals surface area contributed by atoms with Gasteiger partial charge in [0.2, 0.25) is 0 Å². The molecule has 0 amide bonds. The second-order valence-corrected chi connectivity index (χ2v) is 9.14. The van der Waals surface area contributed by atoms with Crippen molar-refractivity contribution < 1.29 is 9.47 Å². The molecule has 1 atom stereocenters. The molecule has 2 aromatic rings. The molecule has 0 saturated carbocycles. The minimum Gasteiger partial charge on any atom is -0.376 e. The highest BCUT2D eigenvalue weighted by Crippen LogP contribution is 2.27. The maximum absolute atomic E-state index is 6.18. The van der Waals surface area contributed by atoms with Crippen molar-refractivity contribution in [1.82, 2.24) is 10.2 Å². The van der Waals surface area contributed by atoms with Crippen molar-refractivity contribution >= 4 is 5.96 Å². The molecule has 0 radical (unpaired) electrons. The summed E-state index contributed by atoms with van der Waals surface area (Å²) < 4.78 is 12.0. The number of likely N-dealkylation sites (tertiary alicyclic amines) is 1. The maximum atomic E-state index is 6.18. The molecule has 178 valence electrons. The normalized spacial score (nSPS) is 20.2. The molecular weight excluding hydrogens is 410 g/mol. The lowest BCUT2D eigenvalue weighted by molar-refractivity contribution is -0.0721. The van der Waals surface area contributed by atoms with E-state index in [9.17, 15) is 0 Å². The van der Waals surface area contributed by atoms with Crippen LogP contribution in [0.5, 0.6) is 0 Å². The molecule has 5 heteroatoms. The van der Waals surface area contributed by atoms with Gasteiger partial charge in [0.15, 0.2) is 5.96 Å². The Hall–Kier alpha value is -2.37. The topological polar surface area (TPSA) is 46.1 Å². The maximum Gasteiger partial charge on any atom is 0.193 e. The molecule has 0 spiro atoms. The number of nitrogens with one attached hydrogen (secondary N) is 1. The van der Waals surface area contributed by atoms with Crippen LogP contribution >= 0.6 is 0 Å². The fraction of sp³-hybridized carbons (Fsp3) is 0.536. The SMILES string of the molecule is CN=C(NCCC(c1ccccc1)c1ccccc1)N1CCC(OCC2CCCCO2)CC1. The summed E-state index contributed by atoms with van der Waals surface area (Å²) in [6, 6.07) is 21.6. The van der Waals surface area contributed by atoms with E-state index in [0.717, 1.165) is 64.5 Å². The Bertz CT molecular complexity index is 789. The van der Waals surface area contributed by atoms with Gasteiger partial charge in [-0.15, -0.1) is 0 Å². The summed E-state index contributed by atoms with van der Waals surface area (Å²) >= 11 is 0. The van der Waals surface area contributed by atoms with Gasteiger partial charge in [-0.05, 0) is 49.7 Å². The Morgan fingerprint density at radius 3 is 2.24 bits per heavy atom. The second-order valence-electron chi connectivity index (χ2n) is 9.14. The average molecular weight is 450 g/mol. The minimum atomic E-state index is 0.299. The molecule has 0 bridgehead atoms. The van der Waals surface area contributed by atoms with Gasteiger partial charge in [0.25, 0.3) is 0 Å². The van der Waals surface area contributed by atoms with Crippen LogP contribution in [-0.2, 0) is 9.47 Å². The van der Waals surface area contributed by atoms with E-state index in [2.05, 4.69) is 75.9 Å². The van der Waals surface area contributed by atoms with Crippen LogP contribution in [0.15, 0.2) is 65.7 Å². The van der Waals surface area contributed by atoms with Gasteiger partial charge >= 0.3 is 0 Å². The zero-order valence-corrected chi connectivity index (χ0v) is 20.0. The number of rotatable bonds is 8. The molecule has 2 aromatic carbocycles. The summed E-state index contributed by atoms with van der Waals surface area (Å²) in [6.07, 6.45) is 7.35. The highest BCUT2D eigenvalue weighted by Gasteiger charge is 2.24. The van der Waals surface area contributed by atoms with E-state index in [1.165, 1.54) is 24.0 Å². The minimum absolute atomic E-state index is 0.299. The summed E-state index contributed by atoms with van der Waals surface area (Å²) in [4.78, 5) is 6.94. The fourth-order valence-electron chi connectivity index (χ4n) is 4.97. The smallest absolute Gasteiger partial charge is 0.193 e. The van der Waals surface area contributed by atoms with Crippen LogP contribution in [-0.4, -0.2) is 63.0 Å². The number of piperidine rings is 1. The number of nitrogens with zero attached hydrogens (tertiary/aromatic N) is 2. The number of hydrogen-bond donors (Lipinski definition) is 1. The van der Waals surface area contributed by atoms with E-state index in [0.29, 0.717) is 18.1 Å². The molecule has 2 aliphatic heterocycles. The van der Waals surface area contributed by atoms with Gasteiger partial charge in [-0.1, -0.05) is 60.7 Å². The van der Waals surface area contributed by atoms with Crippen molar-refractivity contribution in [3.63, 3.8) is 0 Å². The van der Waals surface area contributed by atoms with Crippen LogP contribution in [0.4, 0.5) is 0 Å². The average Bonchev–Trinajstić information content (AvgIpc) is 2.90. The highest BCUT2D eigenvalue weighted by molar-refractivity contribution is 5.79. The molecule has 33 heavy (non-hydrogen) atoms. The van der Waals surface area contributed by atoms with Gasteiger partial charge in [0.05, 0.1) is 18.8 Å². The first kappa shape index (κ1) is 23.8. The first-order chi connectivity index (χ1) is 16.3. The summed E-state index contributed by atoms with van der Waals surface area (Å²) in [5.41, 5.74) is 2.72. The second kappa shape index (κ2) is 12.8. The third-order valence-corrected chi connectivity index (χ3v) is 6.87. The van der Waals surface area contributed by atoms with Gasteiger partial charge in [-0.25, -0.2) is 0 Å². The van der Waals surface area contributed by atoms with Crippen molar-refractivity contribution in [2.75, 3.05) is 39.9 Å². The Balaban J connectivity index is 1.24. The molecule has 1 N–H and O–H groups in total. The van der Waals surface area contributed by atoms with Crippen LogP contribution in [0.25, 0.3) is 0 Å². The summed E-state index contributed by atoms with van der Waals surface area (Å²) in [7, 11) is 1.89. The zero-order chi connectivity index (χ0) is 22.7. The molecular formula is C28H39N3O2. The van der Waals surface area contributed by atoms with Gasteiger partial charge < -0.3 is 19.7 Å². The molecule has 0 aromatic heterocycles. The van der Waals surface area contributed by atoms with E-state index >= 15 is 0 Å². The van der Waals surface area contributed by atoms with E-state index in [1.54, 1.807) is 0 Å². The number of ether oxygens (including phenoxy) is 2. The van der Waals surface area contributed by atoms with Crippen LogP contribution < -0.4 is 5.32 Å². The lowest BCUT2D eigenvalue weighted by Gasteiger charge is -2.35. The van der Waals surface area contributed by atoms with Gasteiger partial charge in [-0.3, -0.25) is 4.99 Å². The Labute approximate surface area is 199 Å². The zero-order valence-electron chi connectivity index (χ0n) is 20.0. The predicted octanol–water partition coefficient (Wildman–Crippen LogP) is 4.83. The Morgan fingerprint density at radius 2 is 1.67 bits per heavy atom. The van der Waals surface area contributed by atoms with E-state index in [4.69, 9.17) is 9.47 Å². The summed E-state index contributed by atoms with van der Waals surface area (Å²) in [6.45, 7) is 4.49. The van der Waals surface area contributed by atoms with Gasteiger partial charge in [0.1, 0.15) is 0 Å². The molecule has 0 aliphatic carbocycles. The van der Waals surface area contributed by atoms with Gasteiger partial charge in [0, 0.05) is 39.2 Å². The van der Waals surface area contributed by atoms with Crippen molar-refractivity contribution in [3.05, 3.63) is 71.8 Å². The van der Waals surface area contributed by atoms with Crippen LogP contribution in [0.1, 0.15) is 55.6 Å². The van der Waals surface area contributed by atoms with Crippen molar-refractivity contribution in [2.24, 2.45) is 4.99 Å². The Morgan fingerprint density at radius 1 is 1.00 bits per heavy atom. The molecule has 1 unspecified atom stereocenters. The predicted molar refractivity (Wildman–Crippen MR) is 135 cm³/mol. The molecule has 2 saturated heterocycles. The molecule has 4 rings (SSSR count). The lowest BCUT2D eigenvalue weighted by atomic mass is 9.88. The van der Waals surface area contributed by atoms with E-state index in [-0.39, 0.29) is 0 Å². The third kappa shape index (κ3) is 7.05. The molecule has 5 nitrogen and oxygen atoms in total. The van der Waals surface area contributed by atoms with E-state index in [1.807, 2.05) is 7.05 Å². The van der Waals surface area contributed by atoms with Crippen molar-refractivity contribution in [3.8, 4) is 0 Å². The summed E-state index contributed by atoms with van der Waals surface area (Å²) in [5.74, 6) is 1.38. The first-order valence-electron chi connectivity index (χ1n) is 12.6. The lowest BCUT2D eigenvalue weighted by Crippen LogP contribution is -2.47. The largest absolute Gasteiger partial charge is 0.376 e. The monoisotopic (exact) mass is 449 g/mol. The number of aliphatic imine (C=N–C) groups is 1. The molecule has 2 fully saturated rings. The first-order valence-corrected chi connectivity index (χ1v) is 12.6. The standard InChI is InChI=1S/C28H39N3O2/c1-29-28(31-19-16-25(17-20-31)33-22-26-14-8-9-21-32-26)30-18-15-27(23-10-4-2-5-11-23)24-12-6-3-7-13-24/h2-7,10-13,25-27H,8-9,14-22H2,1H3,(H,29,30). The number of guanidine groups is 1. The Kier molecular flexibility index (Phi) is 9.19. The highest BCUT2D eigenvalue weighted by atomic mass is 16.5. The van der Waals surface area contributed by atoms with Crippen molar-refractivity contribution in [1.29, 1.82) is 0 Å². The van der Waals surface area contributed by atoms with Crippen LogP contribution in [0.2, 0.25) is 0 Å². The summed E-state index contributed by atoms with van der Waals surface area (Å²) in [5, 5.41) is 3.62. The third-order valence-electron chi connectivity index (χ3n) is 6.87. The molecule has 2 heterocycles. The molecule has 2 aliphatic rings. The number of benzene rings is 2.